The van der Waals surface area contributed by atoms with E-state index in [-0.39, 0.29) is 35.8 Å². The first-order chi connectivity index (χ1) is 11.3. The van der Waals surface area contributed by atoms with Crippen LogP contribution >= 0.6 is 0 Å². The Kier molecular flexibility index (Phi) is 4.24. The number of fused-ring (bicyclic) bond motifs is 3. The lowest BCUT2D eigenvalue weighted by Gasteiger charge is -2.28. The Bertz CT molecular complexity index is 669. The zero-order valence-electron chi connectivity index (χ0n) is 14.3. The number of carbonyl (C=O) groups excluding carboxylic acids is 2. The summed E-state index contributed by atoms with van der Waals surface area (Å²) in [4.78, 5) is 24.4. The van der Waals surface area contributed by atoms with Crippen molar-refractivity contribution in [2.45, 2.75) is 45.3 Å². The van der Waals surface area contributed by atoms with Gasteiger partial charge in [-0.25, -0.2) is 9.59 Å². The van der Waals surface area contributed by atoms with Crippen molar-refractivity contribution in [1.82, 2.24) is 0 Å². The maximum absolute atomic E-state index is 12.3. The van der Waals surface area contributed by atoms with Crippen LogP contribution in [0.15, 0.2) is 48.1 Å². The minimum Gasteiger partial charge on any atom is -0.458 e. The van der Waals surface area contributed by atoms with Crippen molar-refractivity contribution in [1.29, 1.82) is 0 Å². The largest absolute Gasteiger partial charge is 0.458 e. The van der Waals surface area contributed by atoms with Gasteiger partial charge in [0.05, 0.1) is 5.92 Å². The molecular weight excluding hydrogens is 304 g/mol. The molecule has 1 aliphatic heterocycles. The van der Waals surface area contributed by atoms with Crippen molar-refractivity contribution >= 4 is 11.9 Å². The molecule has 3 fully saturated rings. The molecular formula is C20H24O4. The third kappa shape index (κ3) is 2.54. The van der Waals surface area contributed by atoms with Crippen molar-refractivity contribution in [3.05, 3.63) is 48.1 Å². The van der Waals surface area contributed by atoms with E-state index in [1.165, 1.54) is 0 Å². The highest BCUT2D eigenvalue weighted by Gasteiger charge is 2.55. The summed E-state index contributed by atoms with van der Waals surface area (Å²) in [6.07, 6.45) is 3.31. The lowest BCUT2D eigenvalue weighted by atomic mass is 9.81. The molecule has 3 rings (SSSR count). The number of hydrogen-bond acceptors (Lipinski definition) is 4. The van der Waals surface area contributed by atoms with Crippen molar-refractivity contribution in [3.63, 3.8) is 0 Å². The second kappa shape index (κ2) is 6.08. The number of ether oxygens (including phenoxy) is 2. The SMILES string of the molecule is C=C1CC(OC(=O)C(C)=CC)C2C(=C)C(=O)OC2C2C(=C)CCC12. The van der Waals surface area contributed by atoms with Gasteiger partial charge in [-0.2, -0.15) is 0 Å². The Balaban J connectivity index is 1.96. The van der Waals surface area contributed by atoms with Crippen molar-refractivity contribution in [3.8, 4) is 0 Å². The Morgan fingerprint density at radius 3 is 2.62 bits per heavy atom. The smallest absolute Gasteiger partial charge is 0.334 e. The summed E-state index contributed by atoms with van der Waals surface area (Å²) in [7, 11) is 0. The summed E-state index contributed by atoms with van der Waals surface area (Å²) in [5, 5.41) is 0. The van der Waals surface area contributed by atoms with Crippen molar-refractivity contribution < 1.29 is 19.1 Å². The zero-order chi connectivity index (χ0) is 17.6. The summed E-state index contributed by atoms with van der Waals surface area (Å²) in [5.74, 6) is -0.799. The predicted octanol–water partition coefficient (Wildman–Crippen LogP) is 3.50. The van der Waals surface area contributed by atoms with E-state index < -0.39 is 6.10 Å². The summed E-state index contributed by atoms with van der Waals surface area (Å²) in [6, 6.07) is 0. The molecule has 0 radical (unpaired) electrons. The van der Waals surface area contributed by atoms with E-state index in [2.05, 4.69) is 19.7 Å². The molecule has 2 saturated carbocycles. The van der Waals surface area contributed by atoms with E-state index in [0.717, 1.165) is 24.0 Å². The van der Waals surface area contributed by atoms with Crippen LogP contribution in [-0.4, -0.2) is 24.1 Å². The summed E-state index contributed by atoms with van der Waals surface area (Å²) >= 11 is 0. The third-order valence-corrected chi connectivity index (χ3v) is 5.70. The molecule has 1 saturated heterocycles. The van der Waals surface area contributed by atoms with E-state index >= 15 is 0 Å². The van der Waals surface area contributed by atoms with Gasteiger partial charge in [0, 0.05) is 23.5 Å². The Morgan fingerprint density at radius 1 is 1.25 bits per heavy atom. The van der Waals surface area contributed by atoms with Gasteiger partial charge in [-0.3, -0.25) is 0 Å². The summed E-state index contributed by atoms with van der Waals surface area (Å²) in [5.41, 5.74) is 3.08. The molecule has 24 heavy (non-hydrogen) atoms. The van der Waals surface area contributed by atoms with Gasteiger partial charge in [-0.15, -0.1) is 0 Å². The first kappa shape index (κ1) is 16.7. The molecule has 4 nitrogen and oxygen atoms in total. The minimum absolute atomic E-state index is 0.0530. The fourth-order valence-corrected chi connectivity index (χ4v) is 4.23. The number of hydrogen-bond donors (Lipinski definition) is 0. The monoisotopic (exact) mass is 328 g/mol. The van der Waals surface area contributed by atoms with Crippen LogP contribution in [-0.2, 0) is 19.1 Å². The maximum Gasteiger partial charge on any atom is 0.334 e. The van der Waals surface area contributed by atoms with E-state index in [1.807, 2.05) is 0 Å². The van der Waals surface area contributed by atoms with Gasteiger partial charge >= 0.3 is 11.9 Å². The molecule has 0 aromatic carbocycles. The quantitative estimate of drug-likeness (QED) is 0.442. The first-order valence-corrected chi connectivity index (χ1v) is 8.44. The highest BCUT2D eigenvalue weighted by atomic mass is 16.6. The predicted molar refractivity (Wildman–Crippen MR) is 90.9 cm³/mol. The van der Waals surface area contributed by atoms with Crippen LogP contribution in [0.5, 0.6) is 0 Å². The van der Waals surface area contributed by atoms with E-state index in [1.54, 1.807) is 19.9 Å². The zero-order valence-corrected chi connectivity index (χ0v) is 14.3. The van der Waals surface area contributed by atoms with Crippen LogP contribution in [0, 0.1) is 17.8 Å². The normalized spacial score (nSPS) is 36.1. The Hall–Kier alpha value is -2.10. The van der Waals surface area contributed by atoms with Gasteiger partial charge in [0.15, 0.2) is 0 Å². The molecule has 0 bridgehead atoms. The van der Waals surface area contributed by atoms with Gasteiger partial charge in [0.1, 0.15) is 12.2 Å². The van der Waals surface area contributed by atoms with Crippen LogP contribution in [0.1, 0.15) is 33.1 Å². The average molecular weight is 328 g/mol. The van der Waals surface area contributed by atoms with Gasteiger partial charge in [-0.05, 0) is 32.6 Å². The van der Waals surface area contributed by atoms with Crippen molar-refractivity contribution in [2.75, 3.05) is 0 Å². The summed E-state index contributed by atoms with van der Waals surface area (Å²) < 4.78 is 11.4. The van der Waals surface area contributed by atoms with Gasteiger partial charge in [0.2, 0.25) is 0 Å². The maximum atomic E-state index is 12.3. The minimum atomic E-state index is -0.470. The lowest BCUT2D eigenvalue weighted by molar-refractivity contribution is -0.148. The average Bonchev–Trinajstić information content (AvgIpc) is 3.02. The highest BCUT2D eigenvalue weighted by Crippen LogP contribution is 2.52. The number of rotatable bonds is 2. The van der Waals surface area contributed by atoms with E-state index in [0.29, 0.717) is 17.6 Å². The third-order valence-electron chi connectivity index (χ3n) is 5.70. The molecule has 0 aromatic heterocycles. The second-order valence-corrected chi connectivity index (χ2v) is 7.03. The molecule has 4 heteroatoms. The molecule has 5 unspecified atom stereocenters. The number of esters is 2. The van der Waals surface area contributed by atoms with E-state index in [9.17, 15) is 9.59 Å². The molecule has 0 spiro atoms. The molecule has 0 N–H and O–H groups in total. The Morgan fingerprint density at radius 2 is 1.96 bits per heavy atom. The van der Waals surface area contributed by atoms with Crippen LogP contribution in [0.3, 0.4) is 0 Å². The molecule has 1 heterocycles. The standard InChI is InChI=1S/C20H24O4/c1-6-10(2)19(21)23-15-9-12(4)14-8-7-11(3)16(14)18-17(15)13(5)20(22)24-18/h6,14-18H,3-5,7-9H2,1-2H3. The van der Waals surface area contributed by atoms with Crippen LogP contribution in [0.2, 0.25) is 0 Å². The van der Waals surface area contributed by atoms with Crippen LogP contribution < -0.4 is 0 Å². The molecule has 128 valence electrons. The van der Waals surface area contributed by atoms with Gasteiger partial charge < -0.3 is 9.47 Å². The molecule has 3 aliphatic rings. The molecule has 2 aliphatic carbocycles. The lowest BCUT2D eigenvalue weighted by Crippen LogP contribution is -2.35. The first-order valence-electron chi connectivity index (χ1n) is 8.44. The fraction of sp³-hybridized carbons (Fsp3) is 0.500. The fourth-order valence-electron chi connectivity index (χ4n) is 4.23. The number of carbonyl (C=O) groups is 2. The van der Waals surface area contributed by atoms with E-state index in [4.69, 9.17) is 9.47 Å². The van der Waals surface area contributed by atoms with Gasteiger partial charge in [-0.1, -0.05) is 37.0 Å². The van der Waals surface area contributed by atoms with Crippen molar-refractivity contribution in [2.24, 2.45) is 17.8 Å². The molecule has 0 amide bonds. The highest BCUT2D eigenvalue weighted by molar-refractivity contribution is 5.91. The second-order valence-electron chi connectivity index (χ2n) is 7.03. The Labute approximate surface area is 142 Å². The topological polar surface area (TPSA) is 52.6 Å². The van der Waals surface area contributed by atoms with Crippen LogP contribution in [0.4, 0.5) is 0 Å². The van der Waals surface area contributed by atoms with Crippen LogP contribution in [0.25, 0.3) is 0 Å². The molecule has 5 atom stereocenters. The van der Waals surface area contributed by atoms with Gasteiger partial charge in [0.25, 0.3) is 0 Å². The molecule has 0 aromatic rings. The number of allylic oxidation sites excluding steroid dienone is 1. The summed E-state index contributed by atoms with van der Waals surface area (Å²) in [6.45, 7) is 15.8.